The van der Waals surface area contributed by atoms with Crippen LogP contribution in [0.4, 0.5) is 4.39 Å². The van der Waals surface area contributed by atoms with Crippen LogP contribution >= 0.6 is 0 Å². The van der Waals surface area contributed by atoms with Gasteiger partial charge in [-0.05, 0) is 37.8 Å². The summed E-state index contributed by atoms with van der Waals surface area (Å²) in [5.41, 5.74) is 1.35. The average Bonchev–Trinajstić information content (AvgIpc) is 2.74. The summed E-state index contributed by atoms with van der Waals surface area (Å²) in [6.45, 7) is 2.55. The number of hydrogen-bond acceptors (Lipinski definition) is 2. The van der Waals surface area contributed by atoms with Gasteiger partial charge in [-0.1, -0.05) is 0 Å². The zero-order chi connectivity index (χ0) is 11.8. The van der Waals surface area contributed by atoms with Crippen molar-refractivity contribution >= 4 is 10.9 Å². The third kappa shape index (κ3) is 1.93. The Morgan fingerprint density at radius 2 is 2.29 bits per heavy atom. The van der Waals surface area contributed by atoms with Gasteiger partial charge < -0.3 is 4.74 Å². The van der Waals surface area contributed by atoms with Crippen LogP contribution in [0.5, 0.6) is 0 Å². The minimum Gasteiger partial charge on any atom is -0.357 e. The van der Waals surface area contributed by atoms with Gasteiger partial charge in [0.25, 0.3) is 0 Å². The molecule has 0 spiro atoms. The maximum atomic E-state index is 13.4. The highest BCUT2D eigenvalue weighted by Crippen LogP contribution is 2.25. The summed E-state index contributed by atoms with van der Waals surface area (Å²) < 4.78 is 20.9. The Balaban J connectivity index is 2.00. The van der Waals surface area contributed by atoms with Gasteiger partial charge in [-0.15, -0.1) is 0 Å². The summed E-state index contributed by atoms with van der Waals surface area (Å²) >= 11 is 0. The normalized spacial score (nSPS) is 20.9. The molecule has 1 saturated heterocycles. The summed E-state index contributed by atoms with van der Waals surface area (Å²) in [6, 6.07) is 3.32. The van der Waals surface area contributed by atoms with Gasteiger partial charge in [0.05, 0.1) is 5.52 Å². The first-order valence-electron chi connectivity index (χ1n) is 6.00. The van der Waals surface area contributed by atoms with E-state index in [-0.39, 0.29) is 12.0 Å². The number of hydrogen-bond donors (Lipinski definition) is 0. The Bertz CT molecular complexity index is 505. The molecule has 1 unspecified atom stereocenters. The second-order valence-electron chi connectivity index (χ2n) is 4.59. The maximum absolute atomic E-state index is 13.4. The van der Waals surface area contributed by atoms with Crippen molar-refractivity contribution in [3.8, 4) is 0 Å². The molecule has 1 fully saturated rings. The van der Waals surface area contributed by atoms with Crippen LogP contribution in [0.2, 0.25) is 0 Å². The van der Waals surface area contributed by atoms with Crippen LogP contribution in [0.25, 0.3) is 10.9 Å². The first kappa shape index (κ1) is 10.7. The summed E-state index contributed by atoms with van der Waals surface area (Å²) in [5.74, 6) is -0.202. The van der Waals surface area contributed by atoms with Crippen molar-refractivity contribution in [2.75, 3.05) is 6.61 Å². The minimum atomic E-state index is -0.202. The summed E-state index contributed by atoms with van der Waals surface area (Å²) in [6.07, 6.45) is 5.21. The lowest BCUT2D eigenvalue weighted by Crippen LogP contribution is -2.18. The molecule has 0 bridgehead atoms. The minimum absolute atomic E-state index is 0.0134. The zero-order valence-electron chi connectivity index (χ0n) is 9.82. The number of aryl methyl sites for hydroxylation is 1. The van der Waals surface area contributed by atoms with Gasteiger partial charge in [-0.2, -0.15) is 5.10 Å². The van der Waals surface area contributed by atoms with E-state index in [0.717, 1.165) is 31.3 Å². The molecule has 4 heteroatoms. The average molecular weight is 234 g/mol. The van der Waals surface area contributed by atoms with Crippen LogP contribution < -0.4 is 0 Å². The van der Waals surface area contributed by atoms with Crippen LogP contribution in [-0.2, 0) is 4.74 Å². The van der Waals surface area contributed by atoms with Crippen molar-refractivity contribution in [1.29, 1.82) is 0 Å². The number of fused-ring (bicyclic) bond motifs is 1. The van der Waals surface area contributed by atoms with Crippen molar-refractivity contribution in [1.82, 2.24) is 9.78 Å². The maximum Gasteiger partial charge on any atom is 0.150 e. The van der Waals surface area contributed by atoms with E-state index in [2.05, 4.69) is 5.10 Å². The van der Waals surface area contributed by atoms with Crippen molar-refractivity contribution in [3.05, 3.63) is 29.7 Å². The highest BCUT2D eigenvalue weighted by molar-refractivity contribution is 5.78. The lowest BCUT2D eigenvalue weighted by Gasteiger charge is -2.22. The molecule has 2 aromatic rings. The number of halogens is 1. The number of aromatic nitrogens is 2. The summed E-state index contributed by atoms with van der Waals surface area (Å²) in [5, 5.41) is 5.36. The van der Waals surface area contributed by atoms with Gasteiger partial charge in [0.2, 0.25) is 0 Å². The van der Waals surface area contributed by atoms with Gasteiger partial charge in [-0.25, -0.2) is 9.07 Å². The van der Waals surface area contributed by atoms with E-state index in [1.165, 1.54) is 6.07 Å². The van der Waals surface area contributed by atoms with Gasteiger partial charge in [0.1, 0.15) is 12.0 Å². The molecule has 3 rings (SSSR count). The van der Waals surface area contributed by atoms with E-state index in [1.807, 2.05) is 16.9 Å². The second-order valence-corrected chi connectivity index (χ2v) is 4.59. The molecule has 0 amide bonds. The monoisotopic (exact) mass is 234 g/mol. The van der Waals surface area contributed by atoms with E-state index in [1.54, 1.807) is 6.92 Å². The Kier molecular flexibility index (Phi) is 2.59. The van der Waals surface area contributed by atoms with Gasteiger partial charge in [0, 0.05) is 24.3 Å². The molecule has 0 saturated carbocycles. The quantitative estimate of drug-likeness (QED) is 0.757. The molecule has 1 aromatic heterocycles. The predicted molar refractivity (Wildman–Crippen MR) is 63.3 cm³/mol. The molecule has 1 aliphatic rings. The highest BCUT2D eigenvalue weighted by atomic mass is 19.1. The lowest BCUT2D eigenvalue weighted by molar-refractivity contribution is -0.0390. The van der Waals surface area contributed by atoms with Crippen molar-refractivity contribution in [3.63, 3.8) is 0 Å². The molecule has 0 aliphatic carbocycles. The van der Waals surface area contributed by atoms with Gasteiger partial charge in [-0.3, -0.25) is 0 Å². The van der Waals surface area contributed by atoms with Crippen molar-refractivity contribution < 1.29 is 9.13 Å². The summed E-state index contributed by atoms with van der Waals surface area (Å²) in [4.78, 5) is 0. The lowest BCUT2D eigenvalue weighted by atomic mass is 10.2. The molecule has 1 atom stereocenters. The van der Waals surface area contributed by atoms with E-state index in [0.29, 0.717) is 11.1 Å². The summed E-state index contributed by atoms with van der Waals surface area (Å²) in [7, 11) is 0. The van der Waals surface area contributed by atoms with Crippen molar-refractivity contribution in [2.24, 2.45) is 0 Å². The molecule has 0 N–H and O–H groups in total. The van der Waals surface area contributed by atoms with Gasteiger partial charge in [0.15, 0.2) is 0 Å². The first-order valence-corrected chi connectivity index (χ1v) is 6.00. The third-order valence-corrected chi connectivity index (χ3v) is 3.25. The fourth-order valence-electron chi connectivity index (χ4n) is 2.26. The SMILES string of the molecule is Cc1cc2cn(C3CCCCO3)nc2cc1F. The molecular weight excluding hydrogens is 219 g/mol. The van der Waals surface area contributed by atoms with Crippen LogP contribution in [0.15, 0.2) is 18.3 Å². The van der Waals surface area contributed by atoms with Crippen LogP contribution in [0, 0.1) is 12.7 Å². The number of nitrogens with zero attached hydrogens (tertiary/aromatic N) is 2. The molecule has 0 radical (unpaired) electrons. The Morgan fingerprint density at radius 1 is 1.41 bits per heavy atom. The molecule has 17 heavy (non-hydrogen) atoms. The van der Waals surface area contributed by atoms with E-state index >= 15 is 0 Å². The highest BCUT2D eigenvalue weighted by Gasteiger charge is 2.17. The smallest absolute Gasteiger partial charge is 0.150 e. The Hall–Kier alpha value is -1.42. The van der Waals surface area contributed by atoms with Gasteiger partial charge >= 0.3 is 0 Å². The second kappa shape index (κ2) is 4.11. The first-order chi connectivity index (χ1) is 8.24. The Labute approximate surface area is 99.2 Å². The van der Waals surface area contributed by atoms with Crippen LogP contribution in [-0.4, -0.2) is 16.4 Å². The standard InChI is InChI=1S/C13H15FN2O/c1-9-6-10-8-16(13-4-2-3-5-17-13)15-12(10)7-11(9)14/h6-8,13H,2-5H2,1H3. The number of rotatable bonds is 1. The molecule has 3 nitrogen and oxygen atoms in total. The molecule has 2 heterocycles. The number of ether oxygens (including phenoxy) is 1. The predicted octanol–water partition coefficient (Wildman–Crippen LogP) is 3.18. The molecule has 90 valence electrons. The Morgan fingerprint density at radius 3 is 3.06 bits per heavy atom. The number of benzene rings is 1. The fourth-order valence-corrected chi connectivity index (χ4v) is 2.26. The largest absolute Gasteiger partial charge is 0.357 e. The van der Waals surface area contributed by atoms with Crippen molar-refractivity contribution in [2.45, 2.75) is 32.4 Å². The third-order valence-electron chi connectivity index (χ3n) is 3.25. The fraction of sp³-hybridized carbons (Fsp3) is 0.462. The molecule has 1 aliphatic heterocycles. The topological polar surface area (TPSA) is 27.1 Å². The van der Waals surface area contributed by atoms with E-state index < -0.39 is 0 Å². The van der Waals surface area contributed by atoms with E-state index in [9.17, 15) is 4.39 Å². The molecular formula is C13H15FN2O. The van der Waals surface area contributed by atoms with Crippen LogP contribution in [0.3, 0.4) is 0 Å². The van der Waals surface area contributed by atoms with Crippen LogP contribution in [0.1, 0.15) is 31.1 Å². The zero-order valence-corrected chi connectivity index (χ0v) is 9.82. The van der Waals surface area contributed by atoms with E-state index in [4.69, 9.17) is 4.74 Å². The molecule has 1 aromatic carbocycles.